The maximum atomic E-state index is 9.33. The van der Waals surface area contributed by atoms with Crippen molar-refractivity contribution in [2.24, 2.45) is 0 Å². The number of phenols is 2. The van der Waals surface area contributed by atoms with Crippen molar-refractivity contribution in [3.05, 3.63) is 23.8 Å². The topological polar surface area (TPSA) is 49.7 Å². The van der Waals surface area contributed by atoms with Gasteiger partial charge in [-0.3, -0.25) is 0 Å². The van der Waals surface area contributed by atoms with Crippen LogP contribution in [0.25, 0.3) is 0 Å². The first kappa shape index (κ1) is 11.9. The lowest BCUT2D eigenvalue weighted by Gasteiger charge is -2.12. The van der Waals surface area contributed by atoms with Gasteiger partial charge >= 0.3 is 0 Å². The second-order valence-electron chi connectivity index (χ2n) is 3.82. The maximum absolute atomic E-state index is 9.33. The lowest BCUT2D eigenvalue weighted by molar-refractivity contribution is 0.191. The van der Waals surface area contributed by atoms with E-state index in [1.807, 2.05) is 0 Å². The summed E-state index contributed by atoms with van der Waals surface area (Å²) in [7, 11) is 1.69. The minimum absolute atomic E-state index is 0.114. The van der Waals surface area contributed by atoms with Crippen LogP contribution >= 0.6 is 0 Å². The second kappa shape index (κ2) is 5.61. The van der Waals surface area contributed by atoms with Crippen LogP contribution in [0.2, 0.25) is 0 Å². The molecular weight excluding hydrogens is 192 g/mol. The quantitative estimate of drug-likeness (QED) is 0.734. The first-order chi connectivity index (χ1) is 7.13. The van der Waals surface area contributed by atoms with Gasteiger partial charge in [0.2, 0.25) is 0 Å². The molecule has 3 heteroatoms. The van der Waals surface area contributed by atoms with E-state index < -0.39 is 0 Å². The fraction of sp³-hybridized carbons (Fsp3) is 0.500. The number of methoxy groups -OCH3 is 1. The predicted octanol–water partition coefficient (Wildman–Crippen LogP) is 2.63. The number of rotatable bonds is 5. The Bertz CT molecular complexity index is 289. The minimum atomic E-state index is 0.114. The van der Waals surface area contributed by atoms with E-state index in [1.165, 1.54) is 6.07 Å². The maximum Gasteiger partial charge on any atom is 0.119 e. The molecule has 0 saturated heterocycles. The van der Waals surface area contributed by atoms with Gasteiger partial charge in [0.15, 0.2) is 0 Å². The largest absolute Gasteiger partial charge is 0.508 e. The molecule has 0 amide bonds. The van der Waals surface area contributed by atoms with Crippen molar-refractivity contribution in [3.8, 4) is 11.5 Å². The number of ether oxygens (including phenoxy) is 1. The Morgan fingerprint density at radius 1 is 1.20 bits per heavy atom. The van der Waals surface area contributed by atoms with E-state index in [0.29, 0.717) is 5.92 Å². The molecule has 0 radical (unpaired) electrons. The molecule has 0 saturated carbocycles. The van der Waals surface area contributed by atoms with E-state index in [0.717, 1.165) is 25.0 Å². The highest BCUT2D eigenvalue weighted by atomic mass is 16.5. The fourth-order valence-electron chi connectivity index (χ4n) is 1.60. The predicted molar refractivity (Wildman–Crippen MR) is 59.3 cm³/mol. The van der Waals surface area contributed by atoms with E-state index in [4.69, 9.17) is 4.74 Å². The zero-order valence-corrected chi connectivity index (χ0v) is 9.23. The first-order valence-corrected chi connectivity index (χ1v) is 5.15. The van der Waals surface area contributed by atoms with Crippen LogP contribution < -0.4 is 0 Å². The van der Waals surface area contributed by atoms with E-state index >= 15 is 0 Å². The molecule has 0 aliphatic carbocycles. The molecule has 1 rings (SSSR count). The second-order valence-corrected chi connectivity index (χ2v) is 3.82. The molecule has 1 unspecified atom stereocenters. The summed E-state index contributed by atoms with van der Waals surface area (Å²) in [6.07, 6.45) is 1.96. The molecule has 15 heavy (non-hydrogen) atoms. The highest BCUT2D eigenvalue weighted by Gasteiger charge is 2.07. The smallest absolute Gasteiger partial charge is 0.119 e. The van der Waals surface area contributed by atoms with Gasteiger partial charge in [-0.2, -0.15) is 0 Å². The van der Waals surface area contributed by atoms with Crippen LogP contribution in [0.15, 0.2) is 18.2 Å². The molecule has 1 aromatic rings. The molecule has 1 atom stereocenters. The molecule has 0 spiro atoms. The molecule has 0 aliphatic heterocycles. The summed E-state index contributed by atoms with van der Waals surface area (Å²) in [5.74, 6) is 0.547. The number of benzene rings is 1. The molecule has 1 aromatic carbocycles. The SMILES string of the molecule is COCCCC(C)c1cc(O)cc(O)c1. The zero-order chi connectivity index (χ0) is 11.3. The summed E-state index contributed by atoms with van der Waals surface area (Å²) in [5.41, 5.74) is 0.962. The zero-order valence-electron chi connectivity index (χ0n) is 9.23. The Morgan fingerprint density at radius 3 is 2.33 bits per heavy atom. The van der Waals surface area contributed by atoms with Crippen LogP contribution in [-0.4, -0.2) is 23.9 Å². The van der Waals surface area contributed by atoms with Crippen LogP contribution in [0, 0.1) is 0 Å². The third-order valence-corrected chi connectivity index (χ3v) is 2.48. The standard InChI is InChI=1S/C12H18O3/c1-9(4-3-5-15-2)10-6-11(13)8-12(14)7-10/h6-9,13-14H,3-5H2,1-2H3. The molecule has 0 fully saturated rings. The normalized spacial score (nSPS) is 12.7. The van der Waals surface area contributed by atoms with Gasteiger partial charge in [-0.15, -0.1) is 0 Å². The van der Waals surface area contributed by atoms with Crippen LogP contribution in [-0.2, 0) is 4.74 Å². The van der Waals surface area contributed by atoms with Gasteiger partial charge in [0, 0.05) is 19.8 Å². The van der Waals surface area contributed by atoms with Crippen LogP contribution in [0.5, 0.6) is 11.5 Å². The van der Waals surface area contributed by atoms with E-state index in [2.05, 4.69) is 6.92 Å². The summed E-state index contributed by atoms with van der Waals surface area (Å²) in [5, 5.41) is 18.7. The average molecular weight is 210 g/mol. The van der Waals surface area contributed by atoms with Gasteiger partial charge in [-0.05, 0) is 36.5 Å². The van der Waals surface area contributed by atoms with E-state index in [1.54, 1.807) is 19.2 Å². The Balaban J connectivity index is 2.60. The lowest BCUT2D eigenvalue weighted by Crippen LogP contribution is -1.96. The minimum Gasteiger partial charge on any atom is -0.508 e. The van der Waals surface area contributed by atoms with Crippen molar-refractivity contribution in [1.82, 2.24) is 0 Å². The Kier molecular flexibility index (Phi) is 4.43. The van der Waals surface area contributed by atoms with Gasteiger partial charge in [-0.1, -0.05) is 6.92 Å². The van der Waals surface area contributed by atoms with Crippen molar-refractivity contribution in [3.63, 3.8) is 0 Å². The van der Waals surface area contributed by atoms with E-state index in [9.17, 15) is 10.2 Å². The van der Waals surface area contributed by atoms with Crippen molar-refractivity contribution in [1.29, 1.82) is 0 Å². The highest BCUT2D eigenvalue weighted by Crippen LogP contribution is 2.28. The monoisotopic (exact) mass is 210 g/mol. The molecule has 0 aromatic heterocycles. The van der Waals surface area contributed by atoms with Crippen molar-refractivity contribution < 1.29 is 14.9 Å². The van der Waals surface area contributed by atoms with Crippen LogP contribution in [0.1, 0.15) is 31.2 Å². The summed E-state index contributed by atoms with van der Waals surface area (Å²) in [4.78, 5) is 0. The third-order valence-electron chi connectivity index (χ3n) is 2.48. The van der Waals surface area contributed by atoms with E-state index in [-0.39, 0.29) is 11.5 Å². The number of hydrogen-bond donors (Lipinski definition) is 2. The Labute approximate surface area is 90.3 Å². The summed E-state index contributed by atoms with van der Waals surface area (Å²) in [6, 6.07) is 4.72. The molecule has 0 bridgehead atoms. The third kappa shape index (κ3) is 3.80. The van der Waals surface area contributed by atoms with Crippen LogP contribution in [0.4, 0.5) is 0 Å². The van der Waals surface area contributed by atoms with Crippen molar-refractivity contribution >= 4 is 0 Å². The molecule has 0 heterocycles. The van der Waals surface area contributed by atoms with Gasteiger partial charge in [0.25, 0.3) is 0 Å². The summed E-state index contributed by atoms with van der Waals surface area (Å²) >= 11 is 0. The average Bonchev–Trinajstić information content (AvgIpc) is 2.16. The van der Waals surface area contributed by atoms with Gasteiger partial charge in [-0.25, -0.2) is 0 Å². The van der Waals surface area contributed by atoms with Crippen molar-refractivity contribution in [2.45, 2.75) is 25.7 Å². The molecule has 84 valence electrons. The molecular formula is C12H18O3. The molecule has 0 aliphatic rings. The van der Waals surface area contributed by atoms with Crippen LogP contribution in [0.3, 0.4) is 0 Å². The highest BCUT2D eigenvalue weighted by molar-refractivity contribution is 5.38. The lowest BCUT2D eigenvalue weighted by atomic mass is 9.96. The Hall–Kier alpha value is -1.22. The number of hydrogen-bond acceptors (Lipinski definition) is 3. The summed E-state index contributed by atoms with van der Waals surface area (Å²) in [6.45, 7) is 2.82. The van der Waals surface area contributed by atoms with Gasteiger partial charge < -0.3 is 14.9 Å². The van der Waals surface area contributed by atoms with Gasteiger partial charge in [0.05, 0.1) is 0 Å². The van der Waals surface area contributed by atoms with Crippen molar-refractivity contribution in [2.75, 3.05) is 13.7 Å². The fourth-order valence-corrected chi connectivity index (χ4v) is 1.60. The molecule has 2 N–H and O–H groups in total. The number of phenolic OH excluding ortho intramolecular Hbond substituents is 2. The summed E-state index contributed by atoms with van der Waals surface area (Å²) < 4.78 is 4.98. The first-order valence-electron chi connectivity index (χ1n) is 5.15. The Morgan fingerprint density at radius 2 is 1.80 bits per heavy atom. The van der Waals surface area contributed by atoms with Gasteiger partial charge in [0.1, 0.15) is 11.5 Å². The number of aromatic hydroxyl groups is 2. The molecule has 3 nitrogen and oxygen atoms in total.